The summed E-state index contributed by atoms with van der Waals surface area (Å²) in [7, 11) is 0. The fraction of sp³-hybridized carbons (Fsp3) is 0.522. The number of aromatic nitrogens is 1. The van der Waals surface area contributed by atoms with Crippen LogP contribution < -0.4 is 5.32 Å². The van der Waals surface area contributed by atoms with Crippen molar-refractivity contribution in [2.24, 2.45) is 11.8 Å². The fourth-order valence-corrected chi connectivity index (χ4v) is 4.17. The molecule has 2 fully saturated rings. The number of benzene rings is 1. The minimum atomic E-state index is -0.601. The van der Waals surface area contributed by atoms with Crippen molar-refractivity contribution in [3.63, 3.8) is 0 Å². The number of fused-ring (bicyclic) bond motifs is 1. The molecule has 1 aliphatic heterocycles. The van der Waals surface area contributed by atoms with Gasteiger partial charge >= 0.3 is 5.97 Å². The summed E-state index contributed by atoms with van der Waals surface area (Å²) in [4.78, 5) is 42.8. The zero-order valence-corrected chi connectivity index (χ0v) is 17.4. The number of piperidine rings is 1. The summed E-state index contributed by atoms with van der Waals surface area (Å²) in [6.07, 6.45) is 5.34. The van der Waals surface area contributed by atoms with Gasteiger partial charge in [-0.05, 0) is 44.2 Å². The van der Waals surface area contributed by atoms with Crippen molar-refractivity contribution in [2.45, 2.75) is 45.1 Å². The summed E-state index contributed by atoms with van der Waals surface area (Å²) in [5.74, 6) is -0.395. The molecule has 2 amide bonds. The zero-order chi connectivity index (χ0) is 21.1. The molecule has 0 spiro atoms. The molecule has 2 aromatic rings. The summed E-state index contributed by atoms with van der Waals surface area (Å²) in [6, 6.07) is 7.36. The molecule has 2 N–H and O–H groups in total. The van der Waals surface area contributed by atoms with Crippen LogP contribution in [0.15, 0.2) is 30.5 Å². The van der Waals surface area contributed by atoms with E-state index in [1.54, 1.807) is 11.8 Å². The number of amides is 2. The average Bonchev–Trinajstić information content (AvgIpc) is 3.55. The number of hydrogen-bond acceptors (Lipinski definition) is 4. The topological polar surface area (TPSA) is 91.5 Å². The summed E-state index contributed by atoms with van der Waals surface area (Å²) in [6.45, 7) is 3.18. The van der Waals surface area contributed by atoms with Crippen LogP contribution in [0.4, 0.5) is 0 Å². The van der Waals surface area contributed by atoms with E-state index in [0.717, 1.165) is 29.3 Å². The van der Waals surface area contributed by atoms with Crippen molar-refractivity contribution < 1.29 is 19.1 Å². The standard InChI is InChI=1S/C23H29N3O4/c1-2-30-23(29)16-9-11-26(12-10-16)22(28)20(25-21(27)15-7-8-15)13-17-14-24-19-6-4-3-5-18(17)19/h3-6,14-16,20,24H,2,7-13H2,1H3,(H,25,27). The molecule has 1 aromatic heterocycles. The first-order valence-electron chi connectivity index (χ1n) is 10.9. The van der Waals surface area contributed by atoms with E-state index in [9.17, 15) is 14.4 Å². The highest BCUT2D eigenvalue weighted by Gasteiger charge is 2.36. The van der Waals surface area contributed by atoms with Crippen molar-refractivity contribution in [2.75, 3.05) is 19.7 Å². The van der Waals surface area contributed by atoms with Crippen LogP contribution >= 0.6 is 0 Å². The minimum absolute atomic E-state index is 0.0328. The second-order valence-corrected chi connectivity index (χ2v) is 8.25. The third-order valence-corrected chi connectivity index (χ3v) is 6.09. The van der Waals surface area contributed by atoms with E-state index in [4.69, 9.17) is 4.74 Å². The molecular weight excluding hydrogens is 382 g/mol. The van der Waals surface area contributed by atoms with Crippen LogP contribution in [0, 0.1) is 11.8 Å². The third kappa shape index (κ3) is 4.50. The number of likely N-dealkylation sites (tertiary alicyclic amines) is 1. The molecule has 1 saturated heterocycles. The van der Waals surface area contributed by atoms with Crippen LogP contribution in [-0.4, -0.2) is 53.4 Å². The van der Waals surface area contributed by atoms with Gasteiger partial charge in [-0.1, -0.05) is 18.2 Å². The van der Waals surface area contributed by atoms with Crippen molar-refractivity contribution >= 4 is 28.7 Å². The number of esters is 1. The van der Waals surface area contributed by atoms with Crippen molar-refractivity contribution in [3.8, 4) is 0 Å². The maximum atomic E-state index is 13.3. The van der Waals surface area contributed by atoms with Crippen LogP contribution in [0.2, 0.25) is 0 Å². The SMILES string of the molecule is CCOC(=O)C1CCN(C(=O)C(Cc2c[nH]c3ccccc23)NC(=O)C2CC2)CC1. The largest absolute Gasteiger partial charge is 0.466 e. The Morgan fingerprint density at radius 3 is 2.57 bits per heavy atom. The van der Waals surface area contributed by atoms with Gasteiger partial charge in [0.15, 0.2) is 0 Å². The predicted molar refractivity (Wildman–Crippen MR) is 113 cm³/mol. The molecule has 2 heterocycles. The van der Waals surface area contributed by atoms with Crippen LogP contribution in [0.25, 0.3) is 10.9 Å². The molecular formula is C23H29N3O4. The lowest BCUT2D eigenvalue weighted by Crippen LogP contribution is -2.52. The first-order chi connectivity index (χ1) is 14.6. The summed E-state index contributed by atoms with van der Waals surface area (Å²) < 4.78 is 5.12. The van der Waals surface area contributed by atoms with Gasteiger partial charge in [-0.15, -0.1) is 0 Å². The number of hydrogen-bond donors (Lipinski definition) is 2. The highest BCUT2D eigenvalue weighted by Crippen LogP contribution is 2.29. The van der Waals surface area contributed by atoms with Gasteiger partial charge in [-0.2, -0.15) is 0 Å². The molecule has 0 bridgehead atoms. The van der Waals surface area contributed by atoms with Gasteiger partial charge in [0.05, 0.1) is 12.5 Å². The molecule has 1 saturated carbocycles. The van der Waals surface area contributed by atoms with E-state index in [1.165, 1.54) is 0 Å². The molecule has 0 radical (unpaired) electrons. The smallest absolute Gasteiger partial charge is 0.309 e. The number of rotatable bonds is 7. The molecule has 1 aromatic carbocycles. The third-order valence-electron chi connectivity index (χ3n) is 6.09. The number of carbonyl (C=O) groups is 3. The Morgan fingerprint density at radius 1 is 1.13 bits per heavy atom. The number of nitrogens with zero attached hydrogens (tertiary/aromatic N) is 1. The van der Waals surface area contributed by atoms with E-state index >= 15 is 0 Å². The van der Waals surface area contributed by atoms with Gasteiger partial charge in [0.2, 0.25) is 11.8 Å². The lowest BCUT2D eigenvalue weighted by Gasteiger charge is -2.33. The minimum Gasteiger partial charge on any atom is -0.466 e. The molecule has 4 rings (SSSR count). The van der Waals surface area contributed by atoms with Crippen LogP contribution in [-0.2, 0) is 25.5 Å². The number of H-pyrrole nitrogens is 1. The van der Waals surface area contributed by atoms with Crippen LogP contribution in [0.1, 0.15) is 38.2 Å². The molecule has 2 aliphatic rings. The zero-order valence-electron chi connectivity index (χ0n) is 17.4. The highest BCUT2D eigenvalue weighted by atomic mass is 16.5. The predicted octanol–water partition coefficient (Wildman–Crippen LogP) is 2.41. The first kappa shape index (κ1) is 20.4. The molecule has 1 unspecified atom stereocenters. The number of nitrogens with one attached hydrogen (secondary N) is 2. The van der Waals surface area contributed by atoms with Gasteiger partial charge in [0.25, 0.3) is 0 Å². The lowest BCUT2D eigenvalue weighted by molar-refractivity contribution is -0.151. The van der Waals surface area contributed by atoms with E-state index in [0.29, 0.717) is 39.0 Å². The second-order valence-electron chi connectivity index (χ2n) is 8.25. The molecule has 7 heteroatoms. The Balaban J connectivity index is 1.46. The van der Waals surface area contributed by atoms with Gasteiger partial charge in [-0.25, -0.2) is 0 Å². The molecule has 30 heavy (non-hydrogen) atoms. The summed E-state index contributed by atoms with van der Waals surface area (Å²) in [5, 5.41) is 4.06. The normalized spacial score (nSPS) is 18.2. The van der Waals surface area contributed by atoms with Gasteiger partial charge in [-0.3, -0.25) is 14.4 Å². The Labute approximate surface area is 176 Å². The molecule has 7 nitrogen and oxygen atoms in total. The van der Waals surface area contributed by atoms with Crippen LogP contribution in [0.3, 0.4) is 0 Å². The average molecular weight is 412 g/mol. The monoisotopic (exact) mass is 411 g/mol. The van der Waals surface area contributed by atoms with E-state index in [-0.39, 0.29) is 29.6 Å². The summed E-state index contributed by atoms with van der Waals surface area (Å²) >= 11 is 0. The molecule has 1 aliphatic carbocycles. The lowest BCUT2D eigenvalue weighted by atomic mass is 9.95. The van der Waals surface area contributed by atoms with Crippen LogP contribution in [0.5, 0.6) is 0 Å². The van der Waals surface area contributed by atoms with Crippen molar-refractivity contribution in [1.29, 1.82) is 0 Å². The van der Waals surface area contributed by atoms with E-state index in [1.807, 2.05) is 30.5 Å². The maximum absolute atomic E-state index is 13.3. The first-order valence-corrected chi connectivity index (χ1v) is 10.9. The number of aromatic amines is 1. The number of ether oxygens (including phenoxy) is 1. The quantitative estimate of drug-likeness (QED) is 0.685. The molecule has 160 valence electrons. The Hall–Kier alpha value is -2.83. The van der Waals surface area contributed by atoms with Gasteiger partial charge in [0, 0.05) is 42.5 Å². The highest BCUT2D eigenvalue weighted by molar-refractivity contribution is 5.91. The van der Waals surface area contributed by atoms with Crippen molar-refractivity contribution in [1.82, 2.24) is 15.2 Å². The summed E-state index contributed by atoms with van der Waals surface area (Å²) in [5.41, 5.74) is 2.03. The number of carbonyl (C=O) groups excluding carboxylic acids is 3. The maximum Gasteiger partial charge on any atom is 0.309 e. The second kappa shape index (κ2) is 8.90. The van der Waals surface area contributed by atoms with Gasteiger partial charge in [0.1, 0.15) is 6.04 Å². The van der Waals surface area contributed by atoms with E-state index in [2.05, 4.69) is 10.3 Å². The Bertz CT molecular complexity index is 925. The van der Waals surface area contributed by atoms with E-state index < -0.39 is 6.04 Å². The fourth-order valence-electron chi connectivity index (χ4n) is 4.17. The molecule has 1 atom stereocenters. The number of para-hydroxylation sites is 1. The van der Waals surface area contributed by atoms with Gasteiger partial charge < -0.3 is 19.9 Å². The Kier molecular flexibility index (Phi) is 6.06. The van der Waals surface area contributed by atoms with Crippen molar-refractivity contribution in [3.05, 3.63) is 36.0 Å². The Morgan fingerprint density at radius 2 is 1.87 bits per heavy atom.